The topological polar surface area (TPSA) is 103 Å². The Hall–Kier alpha value is -2.22. The van der Waals surface area contributed by atoms with Crippen LogP contribution in [-0.4, -0.2) is 33.0 Å². The van der Waals surface area contributed by atoms with E-state index in [0.29, 0.717) is 28.8 Å². The molecule has 2 aliphatic carbocycles. The van der Waals surface area contributed by atoms with Crippen LogP contribution in [-0.2, 0) is 0 Å². The van der Waals surface area contributed by atoms with Crippen molar-refractivity contribution < 1.29 is 9.53 Å². The molecule has 2 saturated carbocycles. The Morgan fingerprint density at radius 2 is 1.96 bits per heavy atom. The molecule has 0 radical (unpaired) electrons. The van der Waals surface area contributed by atoms with E-state index in [9.17, 15) is 4.79 Å². The number of nitrogens with two attached hydrogens (primary N) is 1. The molecule has 0 unspecified atom stereocenters. The first kappa shape index (κ1) is 16.3. The fourth-order valence-electron chi connectivity index (χ4n) is 3.81. The van der Waals surface area contributed by atoms with E-state index in [1.807, 2.05) is 0 Å². The van der Waals surface area contributed by atoms with Crippen molar-refractivity contribution in [3.05, 3.63) is 40.8 Å². The Morgan fingerprint density at radius 3 is 2.64 bits per heavy atom. The van der Waals surface area contributed by atoms with Gasteiger partial charge in [-0.15, -0.1) is 0 Å². The van der Waals surface area contributed by atoms with Crippen LogP contribution in [0.1, 0.15) is 36.0 Å². The smallest absolute Gasteiger partial charge is 0.254 e. The highest BCUT2D eigenvalue weighted by Gasteiger charge is 2.54. The minimum atomic E-state index is -0.514. The first-order valence-electron chi connectivity index (χ1n) is 8.19. The lowest BCUT2D eigenvalue weighted by Crippen LogP contribution is -2.56. The van der Waals surface area contributed by atoms with E-state index < -0.39 is 5.91 Å². The largest absolute Gasteiger partial charge is 0.474 e. The maximum Gasteiger partial charge on any atom is 0.254 e. The molecule has 2 fully saturated rings. The molecule has 25 heavy (non-hydrogen) atoms. The van der Waals surface area contributed by atoms with Gasteiger partial charge in [0.05, 0.1) is 4.47 Å². The second kappa shape index (κ2) is 6.25. The summed E-state index contributed by atoms with van der Waals surface area (Å²) >= 11 is 3.33. The van der Waals surface area contributed by atoms with Crippen molar-refractivity contribution in [2.24, 2.45) is 11.1 Å². The second-order valence-electron chi connectivity index (χ2n) is 6.84. The number of nitrogens with zero attached hydrogens (tertiary/aromatic N) is 3. The van der Waals surface area contributed by atoms with Crippen LogP contribution in [0.2, 0.25) is 0 Å². The van der Waals surface area contributed by atoms with Crippen LogP contribution in [0.3, 0.4) is 0 Å². The van der Waals surface area contributed by atoms with E-state index in [1.165, 1.54) is 0 Å². The number of halogens is 1. The summed E-state index contributed by atoms with van der Waals surface area (Å²) in [5, 5.41) is 3.36. The highest BCUT2D eigenvalue weighted by atomic mass is 79.9. The zero-order valence-corrected chi connectivity index (χ0v) is 15.1. The fraction of sp³-hybridized carbons (Fsp3) is 0.412. The Kier molecular flexibility index (Phi) is 4.07. The molecule has 0 bridgehead atoms. The maximum atomic E-state index is 11.4. The molecule has 4 rings (SSSR count). The first-order chi connectivity index (χ1) is 12.0. The van der Waals surface area contributed by atoms with Gasteiger partial charge in [0, 0.05) is 24.6 Å². The zero-order chi connectivity index (χ0) is 17.4. The van der Waals surface area contributed by atoms with E-state index >= 15 is 0 Å². The van der Waals surface area contributed by atoms with Crippen LogP contribution in [0, 0.1) is 5.41 Å². The molecule has 0 aliphatic heterocycles. The number of amides is 1. The molecule has 0 aromatic carbocycles. The second-order valence-corrected chi connectivity index (χ2v) is 7.76. The first-order valence-corrected chi connectivity index (χ1v) is 8.98. The van der Waals surface area contributed by atoms with Crippen molar-refractivity contribution in [1.29, 1.82) is 0 Å². The Balaban J connectivity index is 1.28. The van der Waals surface area contributed by atoms with E-state index in [4.69, 9.17) is 10.5 Å². The third-order valence-corrected chi connectivity index (χ3v) is 5.36. The summed E-state index contributed by atoms with van der Waals surface area (Å²) in [6.45, 7) is 0. The molecular weight excluding hydrogens is 386 g/mol. The third kappa shape index (κ3) is 3.30. The van der Waals surface area contributed by atoms with Gasteiger partial charge in [0.15, 0.2) is 0 Å². The summed E-state index contributed by atoms with van der Waals surface area (Å²) in [6.07, 6.45) is 9.28. The lowest BCUT2D eigenvalue weighted by Gasteiger charge is -2.57. The number of nitrogens with one attached hydrogen (secondary N) is 1. The molecule has 2 aliphatic rings. The van der Waals surface area contributed by atoms with Crippen LogP contribution in [0.25, 0.3) is 0 Å². The molecule has 7 nitrogen and oxygen atoms in total. The van der Waals surface area contributed by atoms with Gasteiger partial charge in [-0.05, 0) is 59.2 Å². The minimum absolute atomic E-state index is 0.0953. The molecule has 0 saturated heterocycles. The molecule has 2 aromatic rings. The van der Waals surface area contributed by atoms with Crippen LogP contribution in [0.4, 0.5) is 5.95 Å². The number of anilines is 1. The highest BCUT2D eigenvalue weighted by Crippen LogP contribution is 2.57. The van der Waals surface area contributed by atoms with Crippen molar-refractivity contribution in [1.82, 2.24) is 15.0 Å². The van der Waals surface area contributed by atoms with Gasteiger partial charge in [0.25, 0.3) is 5.91 Å². The van der Waals surface area contributed by atoms with Crippen molar-refractivity contribution in [2.75, 3.05) is 5.32 Å². The van der Waals surface area contributed by atoms with Gasteiger partial charge >= 0.3 is 0 Å². The molecule has 2 heterocycles. The van der Waals surface area contributed by atoms with Gasteiger partial charge in [-0.3, -0.25) is 4.79 Å². The minimum Gasteiger partial charge on any atom is -0.474 e. The van der Waals surface area contributed by atoms with Crippen LogP contribution in [0.5, 0.6) is 5.88 Å². The SMILES string of the molecule is NC(=O)c1cccnc1OC1CC2(CC(Nc3ncc(Br)cn3)C2)C1. The molecule has 0 atom stereocenters. The third-order valence-electron chi connectivity index (χ3n) is 4.95. The summed E-state index contributed by atoms with van der Waals surface area (Å²) in [4.78, 5) is 24.0. The van der Waals surface area contributed by atoms with Gasteiger partial charge in [0.1, 0.15) is 11.7 Å². The van der Waals surface area contributed by atoms with Crippen molar-refractivity contribution in [3.8, 4) is 5.88 Å². The van der Waals surface area contributed by atoms with Crippen molar-refractivity contribution >= 4 is 27.8 Å². The van der Waals surface area contributed by atoms with Gasteiger partial charge in [-0.2, -0.15) is 0 Å². The Morgan fingerprint density at radius 1 is 1.24 bits per heavy atom. The predicted octanol–water partition coefficient (Wildman–Crippen LogP) is 2.54. The summed E-state index contributed by atoms with van der Waals surface area (Å²) in [5.41, 5.74) is 6.03. The standard InChI is InChI=1S/C17H18BrN5O2/c18-10-8-21-16(22-9-10)23-11-4-17(5-11)6-12(7-17)25-15-13(14(19)24)2-1-3-20-15/h1-3,8-9,11-12H,4-7H2,(H2,19,24)(H,21,22,23). The average Bonchev–Trinajstić information content (AvgIpc) is 2.53. The normalized spacial score (nSPS) is 27.2. The molecule has 2 aromatic heterocycles. The number of carbonyl (C=O) groups excluding carboxylic acids is 1. The summed E-state index contributed by atoms with van der Waals surface area (Å²) in [7, 11) is 0. The van der Waals surface area contributed by atoms with Gasteiger partial charge < -0.3 is 15.8 Å². The lowest BCUT2D eigenvalue weighted by molar-refractivity contribution is -0.0760. The van der Waals surface area contributed by atoms with Gasteiger partial charge in [0.2, 0.25) is 11.8 Å². The number of hydrogen-bond donors (Lipinski definition) is 2. The maximum absolute atomic E-state index is 11.4. The Labute approximate surface area is 153 Å². The summed E-state index contributed by atoms with van der Waals surface area (Å²) < 4.78 is 6.75. The molecule has 8 heteroatoms. The molecular formula is C17H18BrN5O2. The predicted molar refractivity (Wildman–Crippen MR) is 95.2 cm³/mol. The van der Waals surface area contributed by atoms with Crippen molar-refractivity contribution in [2.45, 2.75) is 37.8 Å². The zero-order valence-electron chi connectivity index (χ0n) is 13.5. The number of hydrogen-bond acceptors (Lipinski definition) is 6. The van der Waals surface area contributed by atoms with Crippen LogP contribution < -0.4 is 15.8 Å². The molecule has 1 spiro atoms. The van der Waals surface area contributed by atoms with Crippen LogP contribution >= 0.6 is 15.9 Å². The number of primary amides is 1. The van der Waals surface area contributed by atoms with Crippen LogP contribution in [0.15, 0.2) is 35.2 Å². The number of carbonyl (C=O) groups is 1. The lowest BCUT2D eigenvalue weighted by atomic mass is 9.53. The van der Waals surface area contributed by atoms with Gasteiger partial charge in [-0.1, -0.05) is 0 Å². The molecule has 130 valence electrons. The van der Waals surface area contributed by atoms with E-state index in [-0.39, 0.29) is 6.10 Å². The number of ether oxygens (including phenoxy) is 1. The average molecular weight is 404 g/mol. The number of rotatable bonds is 5. The quantitative estimate of drug-likeness (QED) is 0.794. The highest BCUT2D eigenvalue weighted by molar-refractivity contribution is 9.10. The monoisotopic (exact) mass is 403 g/mol. The van der Waals surface area contributed by atoms with Crippen molar-refractivity contribution in [3.63, 3.8) is 0 Å². The Bertz CT molecular complexity index is 784. The fourth-order valence-corrected chi connectivity index (χ4v) is 4.01. The summed E-state index contributed by atoms with van der Waals surface area (Å²) in [6, 6.07) is 3.72. The van der Waals surface area contributed by atoms with E-state index in [0.717, 1.165) is 30.2 Å². The van der Waals surface area contributed by atoms with E-state index in [2.05, 4.69) is 36.2 Å². The molecule has 3 N–H and O–H groups in total. The molecule has 1 amide bonds. The number of aromatic nitrogens is 3. The summed E-state index contributed by atoms with van der Waals surface area (Å²) in [5.74, 6) is 0.487. The van der Waals surface area contributed by atoms with E-state index in [1.54, 1.807) is 30.7 Å². The number of pyridine rings is 1. The van der Waals surface area contributed by atoms with Gasteiger partial charge in [-0.25, -0.2) is 15.0 Å².